The van der Waals surface area contributed by atoms with Crippen molar-refractivity contribution >= 4 is 0 Å². The molecule has 3 nitrogen and oxygen atoms in total. The van der Waals surface area contributed by atoms with Gasteiger partial charge in [-0.2, -0.15) is 0 Å². The lowest BCUT2D eigenvalue weighted by molar-refractivity contribution is 0.261. The molecule has 1 N–H and O–H groups in total. The third-order valence-corrected chi connectivity index (χ3v) is 3.52. The van der Waals surface area contributed by atoms with Crippen LogP contribution in [0.25, 0.3) is 0 Å². The van der Waals surface area contributed by atoms with Gasteiger partial charge in [-0.05, 0) is 52.6 Å². The second-order valence-corrected chi connectivity index (χ2v) is 4.46. The number of nitrogens with one attached hydrogen (secondary N) is 1. The van der Waals surface area contributed by atoms with E-state index in [1.54, 1.807) is 0 Å². The van der Waals surface area contributed by atoms with Crippen molar-refractivity contribution in [2.45, 2.75) is 32.7 Å². The van der Waals surface area contributed by atoms with Gasteiger partial charge in [0.05, 0.1) is 0 Å². The summed E-state index contributed by atoms with van der Waals surface area (Å²) in [6, 6.07) is 0.735. The van der Waals surface area contributed by atoms with Gasteiger partial charge in [0.25, 0.3) is 0 Å². The highest BCUT2D eigenvalue weighted by atomic mass is 15.2. The van der Waals surface area contributed by atoms with Gasteiger partial charge in [-0.15, -0.1) is 0 Å². The van der Waals surface area contributed by atoms with Gasteiger partial charge in [0.2, 0.25) is 0 Å². The molecule has 0 amide bonds. The lowest BCUT2D eigenvalue weighted by atomic mass is 10.3. The van der Waals surface area contributed by atoms with Crippen LogP contribution in [0.5, 0.6) is 0 Å². The lowest BCUT2D eigenvalue weighted by Crippen LogP contribution is -2.32. The molecule has 0 radical (unpaired) electrons. The largest absolute Gasteiger partial charge is 0.316 e. The van der Waals surface area contributed by atoms with Crippen LogP contribution in [0.2, 0.25) is 0 Å². The molecule has 1 fully saturated rings. The Bertz CT molecular complexity index is 157. The van der Waals surface area contributed by atoms with Gasteiger partial charge < -0.3 is 15.1 Å². The minimum absolute atomic E-state index is 0.735. The van der Waals surface area contributed by atoms with Crippen molar-refractivity contribution in [2.24, 2.45) is 0 Å². The van der Waals surface area contributed by atoms with E-state index in [0.717, 1.165) is 6.04 Å². The van der Waals surface area contributed by atoms with Gasteiger partial charge in [0.15, 0.2) is 0 Å². The van der Waals surface area contributed by atoms with Crippen LogP contribution in [-0.4, -0.2) is 62.2 Å². The number of hydrogen-bond acceptors (Lipinski definition) is 3. The van der Waals surface area contributed by atoms with Crippen LogP contribution < -0.4 is 5.32 Å². The van der Waals surface area contributed by atoms with E-state index >= 15 is 0 Å². The Morgan fingerprint density at radius 2 is 2.07 bits per heavy atom. The Labute approximate surface area is 94.8 Å². The van der Waals surface area contributed by atoms with Crippen LogP contribution in [0.1, 0.15) is 26.7 Å². The molecule has 1 aliphatic heterocycles. The van der Waals surface area contributed by atoms with E-state index in [1.807, 2.05) is 0 Å². The van der Waals surface area contributed by atoms with Gasteiger partial charge in [0.1, 0.15) is 0 Å². The topological polar surface area (TPSA) is 18.5 Å². The normalized spacial score (nSPS) is 22.8. The summed E-state index contributed by atoms with van der Waals surface area (Å²) in [5, 5.41) is 3.36. The monoisotopic (exact) mass is 213 g/mol. The molecule has 90 valence electrons. The van der Waals surface area contributed by atoms with E-state index in [4.69, 9.17) is 0 Å². The molecule has 3 heteroatoms. The third-order valence-electron chi connectivity index (χ3n) is 3.52. The first-order chi connectivity index (χ1) is 7.30. The van der Waals surface area contributed by atoms with Gasteiger partial charge in [-0.3, -0.25) is 0 Å². The van der Waals surface area contributed by atoms with Crippen molar-refractivity contribution in [3.05, 3.63) is 0 Å². The van der Waals surface area contributed by atoms with Crippen molar-refractivity contribution in [3.8, 4) is 0 Å². The average Bonchev–Trinajstić information content (AvgIpc) is 2.72. The number of hydrogen-bond donors (Lipinski definition) is 1. The molecule has 1 heterocycles. The molecule has 1 saturated heterocycles. The van der Waals surface area contributed by atoms with Crippen molar-refractivity contribution in [3.63, 3.8) is 0 Å². The van der Waals surface area contributed by atoms with Crippen LogP contribution in [0, 0.1) is 0 Å². The Morgan fingerprint density at radius 3 is 2.60 bits per heavy atom. The van der Waals surface area contributed by atoms with Gasteiger partial charge in [-0.25, -0.2) is 0 Å². The number of likely N-dealkylation sites (N-methyl/N-ethyl adjacent to an activating group) is 1. The highest BCUT2D eigenvalue weighted by Gasteiger charge is 2.19. The molecule has 0 aromatic carbocycles. The zero-order valence-electron chi connectivity index (χ0n) is 10.6. The summed E-state index contributed by atoms with van der Waals surface area (Å²) < 4.78 is 0. The van der Waals surface area contributed by atoms with Crippen molar-refractivity contribution in [1.29, 1.82) is 0 Å². The molecule has 1 rings (SSSR count). The molecule has 1 unspecified atom stereocenters. The molecular formula is C12H27N3. The average molecular weight is 213 g/mol. The molecule has 0 aromatic rings. The molecule has 0 bridgehead atoms. The summed E-state index contributed by atoms with van der Waals surface area (Å²) in [5.74, 6) is 0. The molecule has 15 heavy (non-hydrogen) atoms. The van der Waals surface area contributed by atoms with Crippen molar-refractivity contribution in [2.75, 3.05) is 46.3 Å². The summed E-state index contributed by atoms with van der Waals surface area (Å²) >= 11 is 0. The van der Waals surface area contributed by atoms with E-state index in [9.17, 15) is 0 Å². The summed E-state index contributed by atoms with van der Waals surface area (Å²) in [7, 11) is 2.07. The summed E-state index contributed by atoms with van der Waals surface area (Å²) in [5.41, 5.74) is 0. The Hall–Kier alpha value is -0.120. The van der Waals surface area contributed by atoms with Crippen LogP contribution >= 0.6 is 0 Å². The highest BCUT2D eigenvalue weighted by Crippen LogP contribution is 2.08. The number of nitrogens with zero attached hydrogens (tertiary/aromatic N) is 2. The van der Waals surface area contributed by atoms with Gasteiger partial charge >= 0.3 is 0 Å². The molecule has 0 spiro atoms. The van der Waals surface area contributed by atoms with Crippen LogP contribution in [0.4, 0.5) is 0 Å². The minimum Gasteiger partial charge on any atom is -0.316 e. The zero-order chi connectivity index (χ0) is 11.1. The summed E-state index contributed by atoms with van der Waals surface area (Å²) in [6.07, 6.45) is 2.64. The maximum absolute atomic E-state index is 3.36. The van der Waals surface area contributed by atoms with Crippen molar-refractivity contribution in [1.82, 2.24) is 15.1 Å². The predicted molar refractivity (Wildman–Crippen MR) is 66.3 cm³/mol. The van der Waals surface area contributed by atoms with Crippen LogP contribution in [0.15, 0.2) is 0 Å². The molecule has 0 saturated carbocycles. The SMILES string of the molecule is CCN(CC)CCCN1CCC(NC)C1. The fourth-order valence-electron chi connectivity index (χ4n) is 2.33. The molecule has 0 aromatic heterocycles. The second-order valence-electron chi connectivity index (χ2n) is 4.46. The minimum atomic E-state index is 0.735. The Morgan fingerprint density at radius 1 is 1.33 bits per heavy atom. The smallest absolute Gasteiger partial charge is 0.0204 e. The van der Waals surface area contributed by atoms with E-state index < -0.39 is 0 Å². The Balaban J connectivity index is 2.05. The molecule has 1 atom stereocenters. The summed E-state index contributed by atoms with van der Waals surface area (Å²) in [4.78, 5) is 5.09. The molecule has 1 aliphatic rings. The van der Waals surface area contributed by atoms with Gasteiger partial charge in [-0.1, -0.05) is 13.8 Å². The fourth-order valence-corrected chi connectivity index (χ4v) is 2.33. The zero-order valence-corrected chi connectivity index (χ0v) is 10.6. The third kappa shape index (κ3) is 4.49. The molecule has 0 aliphatic carbocycles. The Kier molecular flexibility index (Phi) is 6.22. The van der Waals surface area contributed by atoms with Crippen molar-refractivity contribution < 1.29 is 0 Å². The maximum Gasteiger partial charge on any atom is 0.0204 e. The molecular weight excluding hydrogens is 186 g/mol. The van der Waals surface area contributed by atoms with E-state index in [-0.39, 0.29) is 0 Å². The second kappa shape index (κ2) is 7.20. The predicted octanol–water partition coefficient (Wildman–Crippen LogP) is 1.01. The summed E-state index contributed by atoms with van der Waals surface area (Å²) in [6.45, 7) is 11.9. The first-order valence-corrected chi connectivity index (χ1v) is 6.42. The number of likely N-dealkylation sites (tertiary alicyclic amines) is 1. The highest BCUT2D eigenvalue weighted by molar-refractivity contribution is 4.79. The first kappa shape index (κ1) is 12.9. The fraction of sp³-hybridized carbons (Fsp3) is 1.00. The van der Waals surface area contributed by atoms with Gasteiger partial charge in [0, 0.05) is 12.6 Å². The lowest BCUT2D eigenvalue weighted by Gasteiger charge is -2.20. The van der Waals surface area contributed by atoms with Crippen LogP contribution in [0.3, 0.4) is 0 Å². The van der Waals surface area contributed by atoms with Crippen LogP contribution in [-0.2, 0) is 0 Å². The number of rotatable bonds is 7. The van der Waals surface area contributed by atoms with E-state index in [0.29, 0.717) is 0 Å². The maximum atomic E-state index is 3.36. The first-order valence-electron chi connectivity index (χ1n) is 6.42. The van der Waals surface area contributed by atoms with E-state index in [2.05, 4.69) is 36.0 Å². The quantitative estimate of drug-likeness (QED) is 0.681. The standard InChI is InChI=1S/C12H27N3/c1-4-14(5-2)8-6-9-15-10-7-12(11-15)13-3/h12-13H,4-11H2,1-3H3. The van der Waals surface area contributed by atoms with E-state index in [1.165, 1.54) is 52.1 Å².